The fourth-order valence-electron chi connectivity index (χ4n) is 2.33. The Kier molecular flexibility index (Phi) is 8.16. The van der Waals surface area contributed by atoms with Crippen LogP contribution in [0, 0.1) is 0 Å². The van der Waals surface area contributed by atoms with Gasteiger partial charge in [0.1, 0.15) is 0 Å². The normalized spacial score (nSPS) is 13.3. The molecule has 0 unspecified atom stereocenters. The van der Waals surface area contributed by atoms with E-state index < -0.39 is 0 Å². The molecule has 1 aliphatic carbocycles. The molecule has 0 spiro atoms. The van der Waals surface area contributed by atoms with Gasteiger partial charge >= 0.3 is 0 Å². The van der Waals surface area contributed by atoms with Crippen molar-refractivity contribution in [2.24, 2.45) is 5.73 Å². The molecule has 0 amide bonds. The second-order valence-electron chi connectivity index (χ2n) is 6.37. The third-order valence-electron chi connectivity index (χ3n) is 3.91. The average molecular weight is 388 g/mol. The molecule has 2 aromatic rings. The highest BCUT2D eigenvalue weighted by Gasteiger charge is 2.22. The molecule has 0 saturated heterocycles. The lowest BCUT2D eigenvalue weighted by atomic mass is 10.3. The topological polar surface area (TPSA) is 132 Å². The van der Waals surface area contributed by atoms with Crippen molar-refractivity contribution in [1.29, 1.82) is 0 Å². The first-order chi connectivity index (χ1) is 13.8. The van der Waals surface area contributed by atoms with Gasteiger partial charge in [0.2, 0.25) is 17.8 Å². The van der Waals surface area contributed by atoms with Crippen molar-refractivity contribution in [1.82, 2.24) is 19.9 Å². The summed E-state index contributed by atoms with van der Waals surface area (Å²) in [7, 11) is 0. The molecule has 0 aromatic carbocycles. The highest BCUT2D eigenvalue weighted by Crippen LogP contribution is 2.23. The van der Waals surface area contributed by atoms with Gasteiger partial charge in [-0.1, -0.05) is 0 Å². The summed E-state index contributed by atoms with van der Waals surface area (Å²) in [6, 6.07) is 4.36. The molecule has 5 N–H and O–H groups in total. The van der Waals surface area contributed by atoms with Crippen LogP contribution in [-0.4, -0.2) is 65.5 Å². The van der Waals surface area contributed by atoms with E-state index in [1.54, 1.807) is 12.4 Å². The summed E-state index contributed by atoms with van der Waals surface area (Å²) in [6.07, 6.45) is 5.82. The fraction of sp³-hybridized carbons (Fsp3) is 0.556. The van der Waals surface area contributed by atoms with Gasteiger partial charge in [0.25, 0.3) is 0 Å². The van der Waals surface area contributed by atoms with Crippen LogP contribution in [0.25, 0.3) is 0 Å². The Morgan fingerprint density at radius 2 is 1.57 bits per heavy atom. The minimum atomic E-state index is 0.458. The van der Waals surface area contributed by atoms with Crippen LogP contribution in [0.3, 0.4) is 0 Å². The monoisotopic (exact) mass is 388 g/mol. The molecule has 10 nitrogen and oxygen atoms in total. The first-order valence-corrected chi connectivity index (χ1v) is 9.58. The zero-order valence-electron chi connectivity index (χ0n) is 15.9. The maximum atomic E-state index is 5.51. The van der Waals surface area contributed by atoms with Gasteiger partial charge in [0.05, 0.1) is 26.4 Å². The van der Waals surface area contributed by atoms with Crippen molar-refractivity contribution in [3.8, 4) is 0 Å². The second-order valence-corrected chi connectivity index (χ2v) is 6.37. The van der Waals surface area contributed by atoms with E-state index in [9.17, 15) is 0 Å². The second kappa shape index (κ2) is 11.3. The molecule has 1 aliphatic rings. The van der Waals surface area contributed by atoms with E-state index in [4.69, 9.17) is 15.2 Å². The van der Waals surface area contributed by atoms with E-state index in [0.717, 1.165) is 18.4 Å². The minimum Gasteiger partial charge on any atom is -0.378 e. The van der Waals surface area contributed by atoms with E-state index >= 15 is 0 Å². The van der Waals surface area contributed by atoms with Crippen molar-refractivity contribution < 1.29 is 9.47 Å². The fourth-order valence-corrected chi connectivity index (χ4v) is 2.33. The van der Waals surface area contributed by atoms with Gasteiger partial charge in [-0.05, 0) is 30.5 Å². The van der Waals surface area contributed by atoms with Crippen LogP contribution in [0.1, 0.15) is 18.4 Å². The Labute approximate surface area is 164 Å². The number of hydrogen-bond donors (Lipinski definition) is 4. The van der Waals surface area contributed by atoms with Crippen molar-refractivity contribution in [3.63, 3.8) is 0 Å². The Balaban J connectivity index is 1.48. The molecule has 2 heterocycles. The molecular formula is C18H28N8O2. The summed E-state index contributed by atoms with van der Waals surface area (Å²) >= 11 is 0. The zero-order chi connectivity index (χ0) is 19.4. The van der Waals surface area contributed by atoms with E-state index in [1.807, 2.05) is 12.1 Å². The third-order valence-corrected chi connectivity index (χ3v) is 3.91. The summed E-state index contributed by atoms with van der Waals surface area (Å²) in [6.45, 7) is 3.89. The van der Waals surface area contributed by atoms with Gasteiger partial charge in [0, 0.05) is 38.1 Å². The number of ether oxygens (including phenoxy) is 2. The predicted molar refractivity (Wildman–Crippen MR) is 107 cm³/mol. The van der Waals surface area contributed by atoms with Crippen LogP contribution in [0.2, 0.25) is 0 Å². The lowest BCUT2D eigenvalue weighted by molar-refractivity contribution is 0.0547. The first-order valence-electron chi connectivity index (χ1n) is 9.58. The summed E-state index contributed by atoms with van der Waals surface area (Å²) in [5.74, 6) is 1.61. The van der Waals surface area contributed by atoms with E-state index in [1.165, 1.54) is 0 Å². The molecule has 0 bridgehead atoms. The number of nitrogens with two attached hydrogens (primary N) is 1. The molecule has 152 valence electrons. The number of nitrogens with zero attached hydrogens (tertiary/aromatic N) is 4. The van der Waals surface area contributed by atoms with E-state index in [2.05, 4.69) is 35.9 Å². The summed E-state index contributed by atoms with van der Waals surface area (Å²) < 4.78 is 10.8. The highest BCUT2D eigenvalue weighted by molar-refractivity contribution is 5.43. The molecule has 2 aromatic heterocycles. The summed E-state index contributed by atoms with van der Waals surface area (Å²) in [5.41, 5.74) is 6.46. The molecular weight excluding hydrogens is 360 g/mol. The zero-order valence-corrected chi connectivity index (χ0v) is 15.9. The highest BCUT2D eigenvalue weighted by atomic mass is 16.5. The van der Waals surface area contributed by atoms with Crippen molar-refractivity contribution in [2.45, 2.75) is 25.4 Å². The van der Waals surface area contributed by atoms with Crippen molar-refractivity contribution >= 4 is 17.8 Å². The standard InChI is InChI=1S/C18H28N8O2/c19-5-9-27-11-12-28-10-8-21-16-24-17(22-13-14-3-6-20-7-4-14)26-18(25-16)23-15-1-2-15/h3-4,6-7,15H,1-2,5,8-13,19H2,(H3,21,22,23,24,25,26). The van der Waals surface area contributed by atoms with Crippen molar-refractivity contribution in [3.05, 3.63) is 30.1 Å². The number of nitrogens with one attached hydrogen (secondary N) is 3. The van der Waals surface area contributed by atoms with Crippen LogP contribution in [0.15, 0.2) is 24.5 Å². The molecule has 3 rings (SSSR count). The molecule has 1 saturated carbocycles. The van der Waals surface area contributed by atoms with Gasteiger partial charge in [-0.2, -0.15) is 15.0 Å². The summed E-state index contributed by atoms with van der Waals surface area (Å²) in [4.78, 5) is 17.4. The maximum Gasteiger partial charge on any atom is 0.229 e. The van der Waals surface area contributed by atoms with Gasteiger partial charge in [-0.25, -0.2) is 0 Å². The Hall–Kier alpha value is -2.56. The Morgan fingerprint density at radius 1 is 0.893 bits per heavy atom. The summed E-state index contributed by atoms with van der Waals surface area (Å²) in [5, 5.41) is 9.73. The number of aromatic nitrogens is 4. The molecule has 10 heteroatoms. The molecule has 28 heavy (non-hydrogen) atoms. The lowest BCUT2D eigenvalue weighted by Crippen LogP contribution is -2.17. The number of anilines is 3. The Morgan fingerprint density at radius 3 is 2.29 bits per heavy atom. The van der Waals surface area contributed by atoms with E-state index in [0.29, 0.717) is 69.9 Å². The largest absolute Gasteiger partial charge is 0.378 e. The molecule has 0 aliphatic heterocycles. The van der Waals surface area contributed by atoms with Crippen LogP contribution in [0.4, 0.5) is 17.8 Å². The predicted octanol–water partition coefficient (Wildman–Crippen LogP) is 0.857. The van der Waals surface area contributed by atoms with Gasteiger partial charge < -0.3 is 31.2 Å². The molecule has 0 atom stereocenters. The van der Waals surface area contributed by atoms with Crippen molar-refractivity contribution in [2.75, 3.05) is 55.5 Å². The number of pyridine rings is 1. The Bertz CT molecular complexity index is 699. The smallest absolute Gasteiger partial charge is 0.229 e. The van der Waals surface area contributed by atoms with Crippen LogP contribution < -0.4 is 21.7 Å². The van der Waals surface area contributed by atoms with E-state index in [-0.39, 0.29) is 0 Å². The van der Waals surface area contributed by atoms with Crippen LogP contribution in [0.5, 0.6) is 0 Å². The number of hydrogen-bond acceptors (Lipinski definition) is 10. The van der Waals surface area contributed by atoms with Gasteiger partial charge in [-0.3, -0.25) is 4.98 Å². The SMILES string of the molecule is NCCOCCOCCNc1nc(NCc2ccncc2)nc(NC2CC2)n1. The quantitative estimate of drug-likeness (QED) is 0.345. The molecule has 0 radical (unpaired) electrons. The van der Waals surface area contributed by atoms with Crippen LogP contribution >= 0.6 is 0 Å². The first kappa shape index (κ1) is 20.2. The van der Waals surface area contributed by atoms with Gasteiger partial charge in [-0.15, -0.1) is 0 Å². The third kappa shape index (κ3) is 7.59. The number of rotatable bonds is 14. The molecule has 1 fully saturated rings. The average Bonchev–Trinajstić information content (AvgIpc) is 3.53. The maximum absolute atomic E-state index is 5.51. The minimum absolute atomic E-state index is 0.458. The lowest BCUT2D eigenvalue weighted by Gasteiger charge is -2.11. The van der Waals surface area contributed by atoms with Gasteiger partial charge in [0.15, 0.2) is 0 Å². The van der Waals surface area contributed by atoms with Crippen LogP contribution in [-0.2, 0) is 16.0 Å².